The van der Waals surface area contributed by atoms with Crippen LogP contribution in [0.25, 0.3) is 0 Å². The lowest BCUT2D eigenvalue weighted by Crippen LogP contribution is -2.40. The summed E-state index contributed by atoms with van der Waals surface area (Å²) < 4.78 is 0. The van der Waals surface area contributed by atoms with E-state index in [-0.39, 0.29) is 0 Å². The highest BCUT2D eigenvalue weighted by Crippen LogP contribution is 2.28. The van der Waals surface area contributed by atoms with Crippen LogP contribution in [0.1, 0.15) is 47.0 Å². The molecule has 1 atom stereocenters. The van der Waals surface area contributed by atoms with Gasteiger partial charge in [0.05, 0.1) is 0 Å². The van der Waals surface area contributed by atoms with E-state index in [4.69, 9.17) is 0 Å². The number of nitrogens with zero attached hydrogens (tertiary/aromatic N) is 1. The van der Waals surface area contributed by atoms with Crippen LogP contribution < -0.4 is 5.32 Å². The molecule has 0 spiro atoms. The number of rotatable bonds is 6. The Balaban J connectivity index is 2.27. The minimum absolute atomic E-state index is 0.545. The lowest BCUT2D eigenvalue weighted by Gasteiger charge is -2.25. The second-order valence-electron chi connectivity index (χ2n) is 5.71. The molecule has 0 aromatic rings. The summed E-state index contributed by atoms with van der Waals surface area (Å²) in [4.78, 5) is 2.62. The van der Waals surface area contributed by atoms with Gasteiger partial charge in [0.15, 0.2) is 0 Å². The monoisotopic (exact) mass is 212 g/mol. The van der Waals surface area contributed by atoms with Crippen LogP contribution in [0, 0.1) is 5.41 Å². The maximum absolute atomic E-state index is 3.63. The predicted octanol–water partition coefficient (Wildman–Crippen LogP) is 2.50. The van der Waals surface area contributed by atoms with Gasteiger partial charge >= 0.3 is 0 Å². The molecule has 1 aliphatic rings. The fraction of sp³-hybridized carbons (Fsp3) is 1.00. The molecule has 1 saturated heterocycles. The van der Waals surface area contributed by atoms with Crippen molar-refractivity contribution in [2.24, 2.45) is 5.41 Å². The molecule has 2 nitrogen and oxygen atoms in total. The molecule has 0 bridgehead atoms. The van der Waals surface area contributed by atoms with Crippen LogP contribution in [0.4, 0.5) is 0 Å². The van der Waals surface area contributed by atoms with Gasteiger partial charge in [-0.3, -0.25) is 0 Å². The van der Waals surface area contributed by atoms with Crippen LogP contribution >= 0.6 is 0 Å². The van der Waals surface area contributed by atoms with E-state index in [1.54, 1.807) is 0 Å². The average molecular weight is 212 g/mol. The van der Waals surface area contributed by atoms with Gasteiger partial charge in [-0.25, -0.2) is 0 Å². The van der Waals surface area contributed by atoms with E-state index in [0.29, 0.717) is 11.5 Å². The number of hydrogen-bond acceptors (Lipinski definition) is 2. The van der Waals surface area contributed by atoms with Crippen molar-refractivity contribution >= 4 is 0 Å². The largest absolute Gasteiger partial charge is 0.313 e. The lowest BCUT2D eigenvalue weighted by atomic mass is 9.93. The van der Waals surface area contributed by atoms with Crippen molar-refractivity contribution in [3.63, 3.8) is 0 Å². The summed E-state index contributed by atoms with van der Waals surface area (Å²) in [5.41, 5.74) is 0.545. The zero-order valence-electron chi connectivity index (χ0n) is 11.0. The molecule has 2 heteroatoms. The van der Waals surface area contributed by atoms with Gasteiger partial charge in [-0.2, -0.15) is 0 Å². The molecule has 1 heterocycles. The van der Waals surface area contributed by atoms with Gasteiger partial charge in [-0.05, 0) is 37.8 Å². The molecule has 0 saturated carbocycles. The summed E-state index contributed by atoms with van der Waals surface area (Å²) in [7, 11) is 0. The smallest absolute Gasteiger partial charge is 0.0192 e. The molecule has 0 radical (unpaired) electrons. The minimum atomic E-state index is 0.545. The summed E-state index contributed by atoms with van der Waals surface area (Å²) in [6, 6.07) is 0.693. The minimum Gasteiger partial charge on any atom is -0.313 e. The maximum Gasteiger partial charge on any atom is 0.0192 e. The molecule has 1 N–H and O–H groups in total. The van der Waals surface area contributed by atoms with Crippen LogP contribution in [0.15, 0.2) is 0 Å². The summed E-state index contributed by atoms with van der Waals surface area (Å²) >= 11 is 0. The number of likely N-dealkylation sites (tertiary alicyclic amines) is 1. The average Bonchev–Trinajstić information content (AvgIpc) is 2.52. The molecule has 0 aromatic carbocycles. The van der Waals surface area contributed by atoms with Crippen LogP contribution in [0.2, 0.25) is 0 Å². The summed E-state index contributed by atoms with van der Waals surface area (Å²) in [6.07, 6.45) is 3.84. The molecule has 1 fully saturated rings. The molecule has 0 aliphatic carbocycles. The van der Waals surface area contributed by atoms with Gasteiger partial charge in [0.1, 0.15) is 0 Å². The number of hydrogen-bond donors (Lipinski definition) is 1. The van der Waals surface area contributed by atoms with Crippen molar-refractivity contribution in [2.45, 2.75) is 53.0 Å². The Hall–Kier alpha value is -0.0800. The molecular formula is C13H28N2. The molecule has 1 rings (SSSR count). The zero-order valence-corrected chi connectivity index (χ0v) is 11.0. The third-order valence-corrected chi connectivity index (χ3v) is 3.41. The van der Waals surface area contributed by atoms with E-state index < -0.39 is 0 Å². The zero-order chi connectivity index (χ0) is 11.3. The van der Waals surface area contributed by atoms with E-state index in [1.807, 2.05) is 0 Å². The van der Waals surface area contributed by atoms with Crippen molar-refractivity contribution in [1.82, 2.24) is 10.2 Å². The Labute approximate surface area is 95.4 Å². The third-order valence-electron chi connectivity index (χ3n) is 3.41. The fourth-order valence-corrected chi connectivity index (χ4v) is 2.38. The topological polar surface area (TPSA) is 15.3 Å². The van der Waals surface area contributed by atoms with Crippen LogP contribution in [-0.4, -0.2) is 37.1 Å². The molecule has 1 unspecified atom stereocenters. The van der Waals surface area contributed by atoms with Gasteiger partial charge in [-0.15, -0.1) is 0 Å². The highest BCUT2D eigenvalue weighted by molar-refractivity contribution is 4.84. The highest BCUT2D eigenvalue weighted by atomic mass is 15.2. The van der Waals surface area contributed by atoms with Crippen LogP contribution in [-0.2, 0) is 0 Å². The van der Waals surface area contributed by atoms with Crippen molar-refractivity contribution in [3.8, 4) is 0 Å². The highest BCUT2D eigenvalue weighted by Gasteiger charge is 2.29. The first kappa shape index (κ1) is 13.0. The Kier molecular flexibility index (Phi) is 5.07. The normalized spacial score (nSPS) is 23.2. The van der Waals surface area contributed by atoms with E-state index in [9.17, 15) is 0 Å². The Morgan fingerprint density at radius 2 is 2.07 bits per heavy atom. The second kappa shape index (κ2) is 5.86. The predicted molar refractivity (Wildman–Crippen MR) is 67.2 cm³/mol. The summed E-state index contributed by atoms with van der Waals surface area (Å²) in [5.74, 6) is 0. The Morgan fingerprint density at radius 3 is 2.53 bits per heavy atom. The van der Waals surface area contributed by atoms with Gasteiger partial charge in [-0.1, -0.05) is 27.7 Å². The first-order valence-electron chi connectivity index (χ1n) is 6.53. The first-order chi connectivity index (χ1) is 7.07. The Bertz CT molecular complexity index is 177. The molecule has 0 aromatic heterocycles. The van der Waals surface area contributed by atoms with Crippen molar-refractivity contribution in [1.29, 1.82) is 0 Å². The molecule has 1 aliphatic heterocycles. The second-order valence-corrected chi connectivity index (χ2v) is 5.71. The molecule has 15 heavy (non-hydrogen) atoms. The number of nitrogens with one attached hydrogen (secondary N) is 1. The third kappa shape index (κ3) is 4.52. The molecular weight excluding hydrogens is 184 g/mol. The Morgan fingerprint density at radius 1 is 1.33 bits per heavy atom. The van der Waals surface area contributed by atoms with Gasteiger partial charge in [0, 0.05) is 19.1 Å². The fourth-order valence-electron chi connectivity index (χ4n) is 2.38. The van der Waals surface area contributed by atoms with Crippen LogP contribution in [0.3, 0.4) is 0 Å². The standard InChI is InChI=1S/C13H28N2/c1-5-8-14-12(6-2)10-15-9-7-13(3,4)11-15/h12,14H,5-11H2,1-4H3. The quantitative estimate of drug-likeness (QED) is 0.728. The lowest BCUT2D eigenvalue weighted by molar-refractivity contribution is 0.256. The summed E-state index contributed by atoms with van der Waals surface area (Å²) in [6.45, 7) is 14.2. The van der Waals surface area contributed by atoms with Crippen molar-refractivity contribution in [3.05, 3.63) is 0 Å². The van der Waals surface area contributed by atoms with Crippen molar-refractivity contribution < 1.29 is 0 Å². The van der Waals surface area contributed by atoms with Crippen molar-refractivity contribution in [2.75, 3.05) is 26.2 Å². The van der Waals surface area contributed by atoms with E-state index in [2.05, 4.69) is 37.9 Å². The first-order valence-corrected chi connectivity index (χ1v) is 6.53. The molecule has 90 valence electrons. The maximum atomic E-state index is 3.63. The van der Waals surface area contributed by atoms with Gasteiger partial charge in [0.2, 0.25) is 0 Å². The van der Waals surface area contributed by atoms with E-state index >= 15 is 0 Å². The van der Waals surface area contributed by atoms with E-state index in [0.717, 1.165) is 6.54 Å². The summed E-state index contributed by atoms with van der Waals surface area (Å²) in [5, 5.41) is 3.63. The SMILES string of the molecule is CCCNC(CC)CN1CCC(C)(C)C1. The van der Waals surface area contributed by atoms with E-state index in [1.165, 1.54) is 38.9 Å². The van der Waals surface area contributed by atoms with Crippen LogP contribution in [0.5, 0.6) is 0 Å². The molecule has 0 amide bonds. The van der Waals surface area contributed by atoms with Gasteiger partial charge in [0.25, 0.3) is 0 Å². The van der Waals surface area contributed by atoms with Gasteiger partial charge < -0.3 is 10.2 Å².